The van der Waals surface area contributed by atoms with Crippen molar-refractivity contribution in [2.75, 3.05) is 13.1 Å². The molecule has 2 aromatic rings. The first-order valence-electron chi connectivity index (χ1n) is 10.6. The van der Waals surface area contributed by atoms with Crippen molar-refractivity contribution in [1.82, 2.24) is 9.80 Å². The summed E-state index contributed by atoms with van der Waals surface area (Å²) >= 11 is 0. The first kappa shape index (κ1) is 19.0. The van der Waals surface area contributed by atoms with Gasteiger partial charge in [-0.25, -0.2) is 4.79 Å². The van der Waals surface area contributed by atoms with Gasteiger partial charge in [0.15, 0.2) is 0 Å². The first-order valence-corrected chi connectivity index (χ1v) is 10.6. The summed E-state index contributed by atoms with van der Waals surface area (Å²) in [4.78, 5) is 28.3. The Kier molecular flexibility index (Phi) is 4.45. The lowest BCUT2D eigenvalue weighted by atomic mass is 9.73. The number of phenolic OH excluding ortho intramolecular Hbond substituents is 1. The zero-order valence-corrected chi connectivity index (χ0v) is 16.9. The molecule has 1 fully saturated rings. The molecule has 1 atom stereocenters. The average molecular weight is 406 g/mol. The van der Waals surface area contributed by atoms with Gasteiger partial charge >= 0.3 is 6.09 Å². The van der Waals surface area contributed by atoms with Crippen LogP contribution in [0.25, 0.3) is 0 Å². The van der Waals surface area contributed by atoms with E-state index in [-0.39, 0.29) is 23.6 Å². The average Bonchev–Trinajstić information content (AvgIpc) is 3.11. The number of hydrogen-bond donors (Lipinski definition) is 2. The van der Waals surface area contributed by atoms with E-state index in [0.29, 0.717) is 19.5 Å². The lowest BCUT2D eigenvalue weighted by Crippen LogP contribution is -2.55. The van der Waals surface area contributed by atoms with Crippen molar-refractivity contribution in [3.63, 3.8) is 0 Å². The molecule has 1 aliphatic carbocycles. The highest BCUT2D eigenvalue weighted by Crippen LogP contribution is 2.46. The number of amides is 2. The Hall–Kier alpha value is -3.02. The van der Waals surface area contributed by atoms with E-state index in [4.69, 9.17) is 0 Å². The van der Waals surface area contributed by atoms with E-state index in [9.17, 15) is 19.8 Å². The molecule has 0 radical (unpaired) electrons. The Morgan fingerprint density at radius 2 is 1.73 bits per heavy atom. The van der Waals surface area contributed by atoms with Crippen molar-refractivity contribution in [2.45, 2.75) is 50.1 Å². The number of piperidine rings is 1. The minimum absolute atomic E-state index is 0.118. The highest BCUT2D eigenvalue weighted by atomic mass is 16.4. The zero-order chi connectivity index (χ0) is 20.9. The van der Waals surface area contributed by atoms with Gasteiger partial charge < -0.3 is 15.1 Å². The highest BCUT2D eigenvalue weighted by Gasteiger charge is 2.44. The molecule has 2 aromatic carbocycles. The van der Waals surface area contributed by atoms with E-state index in [1.54, 1.807) is 18.2 Å². The van der Waals surface area contributed by atoms with E-state index >= 15 is 0 Å². The number of carboxylic acid groups (broad SMARTS) is 1. The molecule has 0 aromatic heterocycles. The molecule has 6 nitrogen and oxygen atoms in total. The summed E-state index contributed by atoms with van der Waals surface area (Å²) < 4.78 is 0. The van der Waals surface area contributed by atoms with Crippen LogP contribution in [0.15, 0.2) is 42.5 Å². The molecule has 0 bridgehead atoms. The number of benzene rings is 2. The number of fused-ring (bicyclic) bond motifs is 3. The molecule has 0 saturated carbocycles. The third kappa shape index (κ3) is 3.02. The van der Waals surface area contributed by atoms with Crippen molar-refractivity contribution in [3.8, 4) is 5.75 Å². The number of carbonyl (C=O) groups is 2. The van der Waals surface area contributed by atoms with Crippen LogP contribution in [0.1, 0.15) is 41.5 Å². The summed E-state index contributed by atoms with van der Waals surface area (Å²) in [6.45, 7) is 1.49. The molecule has 30 heavy (non-hydrogen) atoms. The van der Waals surface area contributed by atoms with Crippen molar-refractivity contribution < 1.29 is 19.8 Å². The SMILES string of the molecule is O=C(C1Cc2cc(O)ccc2CN1C(=O)O)N1CCC2(CCc3ccccc32)CC1. The van der Waals surface area contributed by atoms with Gasteiger partial charge in [-0.1, -0.05) is 30.3 Å². The summed E-state index contributed by atoms with van der Waals surface area (Å²) in [6, 6.07) is 12.8. The molecule has 5 rings (SSSR count). The third-order valence-electron chi connectivity index (χ3n) is 7.34. The van der Waals surface area contributed by atoms with Crippen LogP contribution in [0.4, 0.5) is 4.79 Å². The van der Waals surface area contributed by atoms with Crippen LogP contribution in [0, 0.1) is 0 Å². The Bertz CT molecular complexity index is 1010. The van der Waals surface area contributed by atoms with Crippen molar-refractivity contribution in [2.24, 2.45) is 0 Å². The molecule has 1 saturated heterocycles. The number of nitrogens with zero attached hydrogens (tertiary/aromatic N) is 2. The van der Waals surface area contributed by atoms with E-state index < -0.39 is 12.1 Å². The second-order valence-corrected chi connectivity index (χ2v) is 8.85. The van der Waals surface area contributed by atoms with E-state index in [1.807, 2.05) is 4.90 Å². The van der Waals surface area contributed by atoms with Crippen molar-refractivity contribution in [3.05, 3.63) is 64.7 Å². The molecule has 1 spiro atoms. The normalized spacial score (nSPS) is 21.9. The molecular weight excluding hydrogens is 380 g/mol. The molecule has 2 amide bonds. The number of phenols is 1. The molecule has 1 unspecified atom stereocenters. The quantitative estimate of drug-likeness (QED) is 0.761. The standard InChI is InChI=1S/C24H26N2O4/c27-19-6-5-17-15-26(23(29)30)21(14-18(17)13-19)22(28)25-11-9-24(10-12-25)8-7-16-3-1-2-4-20(16)24/h1-6,13,21,27H,7-12,14-15H2,(H,29,30). The number of likely N-dealkylation sites (tertiary alicyclic amines) is 1. The topological polar surface area (TPSA) is 81.1 Å². The van der Waals surface area contributed by atoms with Gasteiger partial charge in [-0.05, 0) is 65.5 Å². The third-order valence-corrected chi connectivity index (χ3v) is 7.34. The Labute approximate surface area is 175 Å². The number of rotatable bonds is 1. The predicted octanol–water partition coefficient (Wildman–Crippen LogP) is 3.30. The fourth-order valence-electron chi connectivity index (χ4n) is 5.64. The van der Waals surface area contributed by atoms with Crippen molar-refractivity contribution in [1.29, 1.82) is 0 Å². The molecule has 6 heteroatoms. The lowest BCUT2D eigenvalue weighted by molar-refractivity contribution is -0.138. The van der Waals surface area contributed by atoms with Gasteiger partial charge in [0.1, 0.15) is 11.8 Å². The largest absolute Gasteiger partial charge is 0.508 e. The molecule has 2 aliphatic heterocycles. The maximum atomic E-state index is 13.4. The van der Waals surface area contributed by atoms with E-state index in [0.717, 1.165) is 36.8 Å². The Balaban J connectivity index is 1.34. The summed E-state index contributed by atoms with van der Waals surface area (Å²) in [5.41, 5.74) is 4.72. The number of aryl methyl sites for hydroxylation is 1. The van der Waals surface area contributed by atoms with Gasteiger partial charge in [0, 0.05) is 19.5 Å². The summed E-state index contributed by atoms with van der Waals surface area (Å²) in [5, 5.41) is 19.5. The molecule has 156 valence electrons. The molecule has 2 heterocycles. The summed E-state index contributed by atoms with van der Waals surface area (Å²) in [7, 11) is 0. The minimum Gasteiger partial charge on any atom is -0.508 e. The molecule has 2 N–H and O–H groups in total. The Morgan fingerprint density at radius 1 is 0.967 bits per heavy atom. The van der Waals surface area contributed by atoms with Crippen LogP contribution in [0.3, 0.4) is 0 Å². The van der Waals surface area contributed by atoms with Crippen LogP contribution < -0.4 is 0 Å². The van der Waals surface area contributed by atoms with Crippen molar-refractivity contribution >= 4 is 12.0 Å². The van der Waals surface area contributed by atoms with Gasteiger partial charge in [-0.2, -0.15) is 0 Å². The minimum atomic E-state index is -1.08. The number of hydrogen-bond acceptors (Lipinski definition) is 3. The number of carbonyl (C=O) groups excluding carboxylic acids is 1. The van der Waals surface area contributed by atoms with Gasteiger partial charge in [0.25, 0.3) is 0 Å². The predicted molar refractivity (Wildman–Crippen MR) is 111 cm³/mol. The van der Waals surface area contributed by atoms with E-state index in [2.05, 4.69) is 24.3 Å². The second-order valence-electron chi connectivity index (χ2n) is 8.85. The van der Waals surface area contributed by atoms with Crippen LogP contribution >= 0.6 is 0 Å². The smallest absolute Gasteiger partial charge is 0.408 e. The van der Waals surface area contributed by atoms with Crippen LogP contribution in [-0.2, 0) is 29.6 Å². The monoisotopic (exact) mass is 406 g/mol. The fraction of sp³-hybridized carbons (Fsp3) is 0.417. The second kappa shape index (κ2) is 7.04. The van der Waals surface area contributed by atoms with Gasteiger partial charge in [-0.3, -0.25) is 9.69 Å². The van der Waals surface area contributed by atoms with Crippen LogP contribution in [-0.4, -0.2) is 51.1 Å². The van der Waals surface area contributed by atoms with Gasteiger partial charge in [0.05, 0.1) is 6.54 Å². The maximum Gasteiger partial charge on any atom is 0.408 e. The Morgan fingerprint density at radius 3 is 2.50 bits per heavy atom. The summed E-state index contributed by atoms with van der Waals surface area (Å²) in [6.07, 6.45) is 3.30. The number of aromatic hydroxyl groups is 1. The van der Waals surface area contributed by atoms with Crippen LogP contribution in [0.2, 0.25) is 0 Å². The zero-order valence-electron chi connectivity index (χ0n) is 16.9. The lowest BCUT2D eigenvalue weighted by Gasteiger charge is -2.43. The summed E-state index contributed by atoms with van der Waals surface area (Å²) in [5.74, 6) is 0.0241. The van der Waals surface area contributed by atoms with E-state index in [1.165, 1.54) is 16.0 Å². The molecular formula is C24H26N2O4. The fourth-order valence-corrected chi connectivity index (χ4v) is 5.64. The van der Waals surface area contributed by atoms with Crippen LogP contribution in [0.5, 0.6) is 5.75 Å². The maximum absolute atomic E-state index is 13.4. The van der Waals surface area contributed by atoms with Gasteiger partial charge in [0.2, 0.25) is 5.91 Å². The molecule has 3 aliphatic rings. The van der Waals surface area contributed by atoms with Gasteiger partial charge in [-0.15, -0.1) is 0 Å². The first-order chi connectivity index (χ1) is 14.5. The highest BCUT2D eigenvalue weighted by molar-refractivity contribution is 5.86.